The fraction of sp³-hybridized carbons (Fsp3) is 0. The molecule has 9 aromatic carbocycles. The molecular weight excluding hydrogens is 765 g/mol. The Morgan fingerprint density at radius 3 is 1.60 bits per heavy atom. The molecule has 0 unspecified atom stereocenters. The Labute approximate surface area is 365 Å². The second-order valence-corrected chi connectivity index (χ2v) is 16.0. The molecular formula is C59H38N4. The van der Waals surface area contributed by atoms with Crippen molar-refractivity contribution in [1.82, 2.24) is 19.5 Å². The highest BCUT2D eigenvalue weighted by Gasteiger charge is 2.22. The van der Waals surface area contributed by atoms with Crippen LogP contribution in [0.2, 0.25) is 0 Å². The molecule has 4 nitrogen and oxygen atoms in total. The van der Waals surface area contributed by atoms with Gasteiger partial charge in [0, 0.05) is 60.4 Å². The topological polar surface area (TPSA) is 43.6 Å². The average Bonchev–Trinajstić information content (AvgIpc) is 3.72. The van der Waals surface area contributed by atoms with E-state index in [9.17, 15) is 0 Å². The summed E-state index contributed by atoms with van der Waals surface area (Å²) >= 11 is 0. The smallest absolute Gasteiger partial charge is 0.160 e. The lowest BCUT2D eigenvalue weighted by Crippen LogP contribution is -1.96. The molecule has 12 aromatic rings. The van der Waals surface area contributed by atoms with Gasteiger partial charge in [-0.15, -0.1) is 0 Å². The normalized spacial score (nSPS) is 11.5. The molecule has 0 atom stereocenters. The predicted octanol–water partition coefficient (Wildman–Crippen LogP) is 15.3. The third-order valence-electron chi connectivity index (χ3n) is 12.2. The van der Waals surface area contributed by atoms with Gasteiger partial charge in [-0.25, -0.2) is 15.0 Å². The maximum absolute atomic E-state index is 5.27. The van der Waals surface area contributed by atoms with E-state index in [0.29, 0.717) is 5.82 Å². The van der Waals surface area contributed by atoms with Gasteiger partial charge in [0.05, 0.1) is 33.6 Å². The molecule has 3 heterocycles. The van der Waals surface area contributed by atoms with Crippen molar-refractivity contribution in [2.45, 2.75) is 0 Å². The van der Waals surface area contributed by atoms with E-state index < -0.39 is 0 Å². The highest BCUT2D eigenvalue weighted by atomic mass is 15.0. The zero-order chi connectivity index (χ0) is 41.7. The SMILES string of the molecule is c1ccc(-c2cc(-c3ccc(-c4cccc(-c5cccc6c7c8c(ccc7n(-c7ccccc7)c56)c(-c5ccccc5)nc5ccccc58)c4)cc3)nc(-c3ccccc3)n2)cc1. The number of rotatable bonds is 7. The monoisotopic (exact) mass is 802 g/mol. The summed E-state index contributed by atoms with van der Waals surface area (Å²) in [6, 6.07) is 81.5. The van der Waals surface area contributed by atoms with Gasteiger partial charge in [0.1, 0.15) is 0 Å². The number of aromatic nitrogens is 4. The van der Waals surface area contributed by atoms with Crippen LogP contribution in [0.15, 0.2) is 231 Å². The van der Waals surface area contributed by atoms with Crippen molar-refractivity contribution in [3.63, 3.8) is 0 Å². The van der Waals surface area contributed by atoms with Crippen molar-refractivity contribution >= 4 is 43.5 Å². The summed E-state index contributed by atoms with van der Waals surface area (Å²) < 4.78 is 2.45. The minimum absolute atomic E-state index is 0.709. The zero-order valence-corrected chi connectivity index (χ0v) is 34.2. The molecule has 0 N–H and O–H groups in total. The van der Waals surface area contributed by atoms with E-state index in [0.717, 1.165) is 83.5 Å². The van der Waals surface area contributed by atoms with Crippen LogP contribution in [0.25, 0.3) is 117 Å². The molecule has 0 aliphatic rings. The van der Waals surface area contributed by atoms with Crippen molar-refractivity contribution in [2.24, 2.45) is 0 Å². The number of fused-ring (bicyclic) bond motifs is 7. The molecule has 294 valence electrons. The van der Waals surface area contributed by atoms with Crippen molar-refractivity contribution in [3.8, 4) is 73.1 Å². The van der Waals surface area contributed by atoms with Crippen LogP contribution in [0.1, 0.15) is 0 Å². The Kier molecular flexibility index (Phi) is 8.79. The third-order valence-corrected chi connectivity index (χ3v) is 12.2. The Hall–Kier alpha value is -8.47. The van der Waals surface area contributed by atoms with E-state index in [1.165, 1.54) is 27.2 Å². The summed E-state index contributed by atoms with van der Waals surface area (Å²) in [5.74, 6) is 0.709. The molecule has 63 heavy (non-hydrogen) atoms. The summed E-state index contributed by atoms with van der Waals surface area (Å²) in [4.78, 5) is 15.3. The lowest BCUT2D eigenvalue weighted by atomic mass is 9.94. The summed E-state index contributed by atoms with van der Waals surface area (Å²) in [6.07, 6.45) is 0. The van der Waals surface area contributed by atoms with Crippen molar-refractivity contribution in [1.29, 1.82) is 0 Å². The van der Waals surface area contributed by atoms with Crippen LogP contribution >= 0.6 is 0 Å². The summed E-state index contributed by atoms with van der Waals surface area (Å²) in [5.41, 5.74) is 16.0. The fourth-order valence-corrected chi connectivity index (χ4v) is 9.26. The molecule has 0 saturated carbocycles. The van der Waals surface area contributed by atoms with Crippen LogP contribution in [0, 0.1) is 0 Å². The van der Waals surface area contributed by atoms with Gasteiger partial charge >= 0.3 is 0 Å². The van der Waals surface area contributed by atoms with Crippen molar-refractivity contribution < 1.29 is 0 Å². The molecule has 0 radical (unpaired) electrons. The maximum Gasteiger partial charge on any atom is 0.160 e. The average molecular weight is 803 g/mol. The molecule has 0 aliphatic carbocycles. The van der Waals surface area contributed by atoms with Crippen LogP contribution in [0.3, 0.4) is 0 Å². The number of nitrogens with zero attached hydrogens (tertiary/aromatic N) is 4. The van der Waals surface area contributed by atoms with E-state index in [1.54, 1.807) is 0 Å². The highest BCUT2D eigenvalue weighted by Crippen LogP contribution is 2.45. The van der Waals surface area contributed by atoms with Crippen molar-refractivity contribution in [3.05, 3.63) is 231 Å². The van der Waals surface area contributed by atoms with Gasteiger partial charge in [0.25, 0.3) is 0 Å². The summed E-state index contributed by atoms with van der Waals surface area (Å²) in [7, 11) is 0. The summed E-state index contributed by atoms with van der Waals surface area (Å²) in [6.45, 7) is 0. The molecule has 0 amide bonds. The number of benzene rings is 9. The molecule has 12 rings (SSSR count). The van der Waals surface area contributed by atoms with Crippen LogP contribution in [0.4, 0.5) is 0 Å². The Morgan fingerprint density at radius 2 is 0.873 bits per heavy atom. The molecule has 3 aromatic heterocycles. The minimum atomic E-state index is 0.709. The van der Waals surface area contributed by atoms with Crippen LogP contribution in [0.5, 0.6) is 0 Å². The van der Waals surface area contributed by atoms with E-state index in [2.05, 4.69) is 199 Å². The summed E-state index contributed by atoms with van der Waals surface area (Å²) in [5, 5.41) is 5.95. The Balaban J connectivity index is 1.02. The third kappa shape index (κ3) is 6.36. The maximum atomic E-state index is 5.27. The van der Waals surface area contributed by atoms with E-state index in [1.807, 2.05) is 36.4 Å². The second-order valence-electron chi connectivity index (χ2n) is 16.0. The standard InChI is InChI=1S/C59H38N4/c1-5-17-40(18-6-1)52-38-53(62-59(61-52)43-21-9-3-10-22-43)41-33-31-39(32-34-41)44-23-15-24-45(37-44)47-28-16-29-50-56-54(63(58(47)50)46-25-11-4-12-26-46)36-35-49-55(56)48-27-13-14-30-51(48)60-57(49)42-19-7-2-8-20-42/h1-38H. The van der Waals surface area contributed by atoms with Gasteiger partial charge in [-0.3, -0.25) is 0 Å². The predicted molar refractivity (Wildman–Crippen MR) is 262 cm³/mol. The molecule has 4 heteroatoms. The quantitative estimate of drug-likeness (QED) is 0.151. The number of hydrogen-bond acceptors (Lipinski definition) is 3. The number of hydrogen-bond donors (Lipinski definition) is 0. The van der Waals surface area contributed by atoms with Crippen LogP contribution in [-0.2, 0) is 0 Å². The van der Waals surface area contributed by atoms with E-state index in [-0.39, 0.29) is 0 Å². The van der Waals surface area contributed by atoms with Gasteiger partial charge in [0.2, 0.25) is 0 Å². The molecule has 0 spiro atoms. The first kappa shape index (κ1) is 36.4. The first-order chi connectivity index (χ1) is 31.2. The van der Waals surface area contributed by atoms with Gasteiger partial charge in [-0.2, -0.15) is 0 Å². The molecule has 0 aliphatic heterocycles. The van der Waals surface area contributed by atoms with Crippen LogP contribution < -0.4 is 0 Å². The second kappa shape index (κ2) is 15.2. The lowest BCUT2D eigenvalue weighted by molar-refractivity contribution is 1.18. The van der Waals surface area contributed by atoms with Gasteiger partial charge < -0.3 is 4.57 Å². The first-order valence-electron chi connectivity index (χ1n) is 21.4. The Bertz CT molecular complexity index is 3580. The van der Waals surface area contributed by atoms with Crippen molar-refractivity contribution in [2.75, 3.05) is 0 Å². The van der Waals surface area contributed by atoms with Gasteiger partial charge in [-0.1, -0.05) is 194 Å². The van der Waals surface area contributed by atoms with Gasteiger partial charge in [0.15, 0.2) is 5.82 Å². The first-order valence-corrected chi connectivity index (χ1v) is 21.4. The fourth-order valence-electron chi connectivity index (χ4n) is 9.26. The number of pyridine rings is 1. The van der Waals surface area contributed by atoms with Gasteiger partial charge in [-0.05, 0) is 53.1 Å². The van der Waals surface area contributed by atoms with Crippen LogP contribution in [-0.4, -0.2) is 19.5 Å². The zero-order valence-electron chi connectivity index (χ0n) is 34.2. The van der Waals surface area contributed by atoms with E-state index in [4.69, 9.17) is 15.0 Å². The minimum Gasteiger partial charge on any atom is -0.309 e. The molecule has 0 saturated heterocycles. The largest absolute Gasteiger partial charge is 0.309 e. The Morgan fingerprint density at radius 1 is 0.317 bits per heavy atom. The van der Waals surface area contributed by atoms with E-state index >= 15 is 0 Å². The molecule has 0 fully saturated rings. The lowest BCUT2D eigenvalue weighted by Gasteiger charge is -2.13. The highest BCUT2D eigenvalue weighted by molar-refractivity contribution is 6.30. The number of para-hydroxylation sites is 3. The molecule has 0 bridgehead atoms.